The van der Waals surface area contributed by atoms with E-state index in [1.54, 1.807) is 29.9 Å². The molecular weight excluding hydrogens is 316 g/mol. The third-order valence-electron chi connectivity index (χ3n) is 3.47. The molecule has 1 fully saturated rings. The number of ether oxygens (including phenoxy) is 1. The predicted octanol–water partition coefficient (Wildman–Crippen LogP) is 1.69. The first-order valence-electron chi connectivity index (χ1n) is 7.47. The summed E-state index contributed by atoms with van der Waals surface area (Å²) in [6.45, 7) is 5.86. The molecule has 0 radical (unpaired) electrons. The van der Waals surface area contributed by atoms with Gasteiger partial charge in [-0.05, 0) is 20.8 Å². The van der Waals surface area contributed by atoms with Crippen molar-refractivity contribution in [2.75, 3.05) is 18.7 Å². The number of aryl methyl sites for hydroxylation is 1. The van der Waals surface area contributed by atoms with Crippen molar-refractivity contribution >= 4 is 23.8 Å². The van der Waals surface area contributed by atoms with Gasteiger partial charge in [-0.3, -0.25) is 9.69 Å². The van der Waals surface area contributed by atoms with Crippen LogP contribution in [0.2, 0.25) is 0 Å². The number of hydrogen-bond donors (Lipinski definition) is 0. The second-order valence-corrected chi connectivity index (χ2v) is 7.61. The molecule has 0 N–H and O–H groups in total. The standard InChI is InChI=1S/C15H24N4O3S/c1-15(2,3)22-14(21)19-10-23-9-11(19)13(20)18(5)8-12-16-6-7-17(12)4/h6-7,11H,8-10H2,1-5H3/t11-/m1/s1. The number of carbonyl (C=O) groups excluding carboxylic acids is 2. The summed E-state index contributed by atoms with van der Waals surface area (Å²) in [4.78, 5) is 32.3. The number of likely N-dealkylation sites (N-methyl/N-ethyl adjacent to an activating group) is 1. The summed E-state index contributed by atoms with van der Waals surface area (Å²) in [6, 6.07) is -0.486. The molecule has 23 heavy (non-hydrogen) atoms. The van der Waals surface area contributed by atoms with E-state index in [4.69, 9.17) is 4.74 Å². The van der Waals surface area contributed by atoms with Crippen molar-refractivity contribution in [1.82, 2.24) is 19.4 Å². The number of carbonyl (C=O) groups is 2. The van der Waals surface area contributed by atoms with E-state index in [1.165, 1.54) is 4.90 Å². The molecule has 8 heteroatoms. The van der Waals surface area contributed by atoms with Crippen molar-refractivity contribution in [2.24, 2.45) is 7.05 Å². The van der Waals surface area contributed by atoms with Gasteiger partial charge in [-0.2, -0.15) is 0 Å². The van der Waals surface area contributed by atoms with Gasteiger partial charge in [0.25, 0.3) is 0 Å². The monoisotopic (exact) mass is 340 g/mol. The molecule has 0 bridgehead atoms. The molecule has 128 valence electrons. The number of imidazole rings is 1. The Kier molecular flexibility index (Phi) is 5.23. The van der Waals surface area contributed by atoms with Gasteiger partial charge in [0.2, 0.25) is 5.91 Å². The minimum Gasteiger partial charge on any atom is -0.444 e. The second kappa shape index (κ2) is 6.82. The molecule has 0 saturated carbocycles. The van der Waals surface area contributed by atoms with E-state index in [0.29, 0.717) is 18.2 Å². The average molecular weight is 340 g/mol. The number of amides is 2. The first-order valence-corrected chi connectivity index (χ1v) is 8.63. The van der Waals surface area contributed by atoms with Gasteiger partial charge in [-0.25, -0.2) is 9.78 Å². The number of hydrogen-bond acceptors (Lipinski definition) is 5. The van der Waals surface area contributed by atoms with Gasteiger partial charge in [0.15, 0.2) is 0 Å². The maximum atomic E-state index is 12.7. The minimum absolute atomic E-state index is 0.0936. The Morgan fingerprint density at radius 2 is 2.17 bits per heavy atom. The molecule has 1 aromatic heterocycles. The normalized spacial score (nSPS) is 18.1. The lowest BCUT2D eigenvalue weighted by atomic mass is 10.2. The van der Waals surface area contributed by atoms with Crippen LogP contribution in [0.15, 0.2) is 12.4 Å². The van der Waals surface area contributed by atoms with Gasteiger partial charge >= 0.3 is 6.09 Å². The molecule has 7 nitrogen and oxygen atoms in total. The van der Waals surface area contributed by atoms with Crippen molar-refractivity contribution in [3.8, 4) is 0 Å². The first-order chi connectivity index (χ1) is 10.7. The quantitative estimate of drug-likeness (QED) is 0.837. The highest BCUT2D eigenvalue weighted by atomic mass is 32.2. The zero-order valence-corrected chi connectivity index (χ0v) is 15.1. The smallest absolute Gasteiger partial charge is 0.411 e. The van der Waals surface area contributed by atoms with Gasteiger partial charge in [0.1, 0.15) is 17.5 Å². The van der Waals surface area contributed by atoms with Crippen LogP contribution in [0, 0.1) is 0 Å². The molecule has 0 spiro atoms. The van der Waals surface area contributed by atoms with E-state index in [0.717, 1.165) is 5.82 Å². The first kappa shape index (κ1) is 17.7. The third-order valence-corrected chi connectivity index (χ3v) is 4.48. The topological polar surface area (TPSA) is 67.7 Å². The zero-order chi connectivity index (χ0) is 17.2. The molecule has 0 unspecified atom stereocenters. The number of thioether (sulfide) groups is 1. The summed E-state index contributed by atoms with van der Waals surface area (Å²) in [5, 5.41) is 0. The largest absolute Gasteiger partial charge is 0.444 e. The molecule has 0 aliphatic carbocycles. The lowest BCUT2D eigenvalue weighted by molar-refractivity contribution is -0.134. The summed E-state index contributed by atoms with van der Waals surface area (Å²) in [5.74, 6) is 1.77. The average Bonchev–Trinajstić information content (AvgIpc) is 3.05. The van der Waals surface area contributed by atoms with Crippen molar-refractivity contribution in [3.63, 3.8) is 0 Å². The molecule has 1 atom stereocenters. The van der Waals surface area contributed by atoms with E-state index in [1.807, 2.05) is 38.6 Å². The molecule has 2 amide bonds. The van der Waals surface area contributed by atoms with Crippen LogP contribution in [-0.2, 0) is 23.1 Å². The second-order valence-electron chi connectivity index (χ2n) is 6.61. The summed E-state index contributed by atoms with van der Waals surface area (Å²) < 4.78 is 7.27. The Hall–Kier alpha value is -1.70. The maximum Gasteiger partial charge on any atom is 0.411 e. The van der Waals surface area contributed by atoms with Crippen molar-refractivity contribution in [1.29, 1.82) is 0 Å². The number of aromatic nitrogens is 2. The Balaban J connectivity index is 2.02. The molecule has 1 aliphatic heterocycles. The Labute approximate surface area is 141 Å². The lowest BCUT2D eigenvalue weighted by Gasteiger charge is -2.29. The van der Waals surface area contributed by atoms with Crippen LogP contribution in [0.5, 0.6) is 0 Å². The molecule has 1 aliphatic rings. The zero-order valence-electron chi connectivity index (χ0n) is 14.3. The van der Waals surface area contributed by atoms with Gasteiger partial charge in [0.05, 0.1) is 12.4 Å². The Morgan fingerprint density at radius 1 is 1.48 bits per heavy atom. The third kappa shape index (κ3) is 4.40. The molecule has 2 heterocycles. The van der Waals surface area contributed by atoms with Crippen molar-refractivity contribution in [3.05, 3.63) is 18.2 Å². The van der Waals surface area contributed by atoms with E-state index >= 15 is 0 Å². The molecule has 1 aromatic rings. The van der Waals surface area contributed by atoms with Crippen LogP contribution in [0.25, 0.3) is 0 Å². The fraction of sp³-hybridized carbons (Fsp3) is 0.667. The molecule has 0 aromatic carbocycles. The summed E-state index contributed by atoms with van der Waals surface area (Å²) in [5.41, 5.74) is -0.573. The van der Waals surface area contributed by atoms with Crippen LogP contribution >= 0.6 is 11.8 Å². The molecule has 1 saturated heterocycles. The van der Waals surface area contributed by atoms with Crippen LogP contribution in [-0.4, -0.2) is 61.7 Å². The fourth-order valence-corrected chi connectivity index (χ4v) is 3.37. The van der Waals surface area contributed by atoms with Gasteiger partial charge in [0, 0.05) is 32.2 Å². The van der Waals surface area contributed by atoms with Crippen LogP contribution < -0.4 is 0 Å². The van der Waals surface area contributed by atoms with Gasteiger partial charge in [-0.1, -0.05) is 0 Å². The van der Waals surface area contributed by atoms with E-state index < -0.39 is 17.7 Å². The summed E-state index contributed by atoms with van der Waals surface area (Å²) >= 11 is 1.56. The van der Waals surface area contributed by atoms with E-state index in [9.17, 15) is 9.59 Å². The van der Waals surface area contributed by atoms with Crippen molar-refractivity contribution < 1.29 is 14.3 Å². The molecular formula is C15H24N4O3S. The van der Waals surface area contributed by atoms with Crippen LogP contribution in [0.1, 0.15) is 26.6 Å². The van der Waals surface area contributed by atoms with E-state index in [2.05, 4.69) is 4.98 Å². The van der Waals surface area contributed by atoms with Crippen LogP contribution in [0.3, 0.4) is 0 Å². The fourth-order valence-electron chi connectivity index (χ4n) is 2.24. The lowest BCUT2D eigenvalue weighted by Crippen LogP contribution is -2.49. The SMILES string of the molecule is CN(Cc1nccn1C)C(=O)[C@H]1CSCN1C(=O)OC(C)(C)C. The van der Waals surface area contributed by atoms with E-state index in [-0.39, 0.29) is 5.91 Å². The van der Waals surface area contributed by atoms with Crippen LogP contribution in [0.4, 0.5) is 4.79 Å². The highest BCUT2D eigenvalue weighted by Crippen LogP contribution is 2.25. The highest BCUT2D eigenvalue weighted by molar-refractivity contribution is 7.99. The minimum atomic E-state index is -0.573. The number of nitrogens with zero attached hydrogens (tertiary/aromatic N) is 4. The van der Waals surface area contributed by atoms with Gasteiger partial charge < -0.3 is 14.2 Å². The predicted molar refractivity (Wildman–Crippen MR) is 88.9 cm³/mol. The summed E-state index contributed by atoms with van der Waals surface area (Å²) in [6.07, 6.45) is 3.10. The Bertz CT molecular complexity index is 582. The van der Waals surface area contributed by atoms with Crippen molar-refractivity contribution in [2.45, 2.75) is 39.0 Å². The maximum absolute atomic E-state index is 12.7. The molecule has 2 rings (SSSR count). The van der Waals surface area contributed by atoms with Gasteiger partial charge in [-0.15, -0.1) is 11.8 Å². The summed E-state index contributed by atoms with van der Waals surface area (Å²) in [7, 11) is 3.62. The highest BCUT2D eigenvalue weighted by Gasteiger charge is 2.38. The number of rotatable bonds is 3. The Morgan fingerprint density at radius 3 is 2.74 bits per heavy atom.